The number of aliphatic hydroxyl groups excluding tert-OH is 1. The van der Waals surface area contributed by atoms with E-state index >= 15 is 0 Å². The summed E-state index contributed by atoms with van der Waals surface area (Å²) in [6, 6.07) is 4.01. The van der Waals surface area contributed by atoms with Gasteiger partial charge in [-0.2, -0.15) is 4.31 Å². The van der Waals surface area contributed by atoms with E-state index in [2.05, 4.69) is 17.2 Å². The van der Waals surface area contributed by atoms with Crippen LogP contribution in [0.1, 0.15) is 46.6 Å². The molecule has 0 unspecified atom stereocenters. The first-order valence-corrected chi connectivity index (χ1v) is 12.9. The van der Waals surface area contributed by atoms with E-state index in [1.807, 2.05) is 27.7 Å². The number of carbonyl (C=O) groups excluding carboxylic acids is 1. The fraction of sp³-hybridized carbons (Fsp3) is 0.625. The van der Waals surface area contributed by atoms with Gasteiger partial charge in [0.2, 0.25) is 10.0 Å². The number of nitrogens with zero attached hydrogens (tertiary/aromatic N) is 2. The summed E-state index contributed by atoms with van der Waals surface area (Å²) < 4.78 is 34.5. The number of aliphatic hydroxyl groups is 1. The van der Waals surface area contributed by atoms with Gasteiger partial charge in [0.25, 0.3) is 0 Å². The fourth-order valence-corrected chi connectivity index (χ4v) is 5.29. The molecule has 0 fully saturated rings. The van der Waals surface area contributed by atoms with Gasteiger partial charge in [-0.25, -0.2) is 13.2 Å². The average Bonchev–Trinajstić information content (AvgIpc) is 2.77. The van der Waals surface area contributed by atoms with Crippen molar-refractivity contribution < 1.29 is 23.1 Å². The molecule has 0 saturated carbocycles. The largest absolute Gasteiger partial charge is 0.487 e. The summed E-state index contributed by atoms with van der Waals surface area (Å²) in [4.78, 5) is 14.0. The predicted octanol–water partition coefficient (Wildman–Crippen LogP) is 2.51. The van der Waals surface area contributed by atoms with Crippen molar-refractivity contribution >= 4 is 16.1 Å². The van der Waals surface area contributed by atoms with Crippen LogP contribution in [-0.2, 0) is 10.0 Å². The van der Waals surface area contributed by atoms with Gasteiger partial charge >= 0.3 is 6.03 Å². The number of sulfonamides is 1. The Balaban J connectivity index is 2.51. The molecule has 33 heavy (non-hydrogen) atoms. The third-order valence-electron chi connectivity index (χ3n) is 5.50. The molecule has 9 heteroatoms. The molecule has 2 N–H and O–H groups in total. The lowest BCUT2D eigenvalue weighted by Gasteiger charge is -2.37. The molecule has 0 aromatic heterocycles. The third-order valence-corrected chi connectivity index (χ3v) is 7.52. The lowest BCUT2D eigenvalue weighted by atomic mass is 10.0. The zero-order valence-corrected chi connectivity index (χ0v) is 21.3. The minimum absolute atomic E-state index is 0.0351. The molecule has 184 valence electrons. The van der Waals surface area contributed by atoms with Crippen LogP contribution in [-0.4, -0.2) is 74.2 Å². The Kier molecular flexibility index (Phi) is 9.58. The van der Waals surface area contributed by atoms with E-state index in [0.29, 0.717) is 12.1 Å². The summed E-state index contributed by atoms with van der Waals surface area (Å²) in [7, 11) is -2.22. The van der Waals surface area contributed by atoms with Crippen molar-refractivity contribution in [3.63, 3.8) is 0 Å². The van der Waals surface area contributed by atoms with E-state index in [-0.39, 0.29) is 48.2 Å². The van der Waals surface area contributed by atoms with Gasteiger partial charge in [-0.1, -0.05) is 39.5 Å². The topological polar surface area (TPSA) is 99.2 Å². The molecule has 1 aromatic carbocycles. The summed E-state index contributed by atoms with van der Waals surface area (Å²) in [5.74, 6) is 6.27. The molecule has 0 radical (unpaired) electrons. The van der Waals surface area contributed by atoms with Crippen LogP contribution in [0, 0.1) is 23.7 Å². The molecule has 2 amide bonds. The summed E-state index contributed by atoms with van der Waals surface area (Å²) in [6.07, 6.45) is 0.369. The minimum Gasteiger partial charge on any atom is -0.487 e. The molecule has 1 aromatic rings. The zero-order chi connectivity index (χ0) is 24.8. The molecule has 8 nitrogen and oxygen atoms in total. The summed E-state index contributed by atoms with van der Waals surface area (Å²) >= 11 is 0. The SMILES string of the molecule is CCCNC(=O)N(C)C[C@@H]1Oc2cc(C#CC(C)C)ccc2S(=O)(=O)N([C@@H](C)CO)C[C@H]1C. The lowest BCUT2D eigenvalue weighted by molar-refractivity contribution is 0.0812. The van der Waals surface area contributed by atoms with Crippen molar-refractivity contribution in [3.05, 3.63) is 23.8 Å². The van der Waals surface area contributed by atoms with Crippen LogP contribution in [0.2, 0.25) is 0 Å². The van der Waals surface area contributed by atoms with E-state index in [4.69, 9.17) is 4.74 Å². The molecule has 0 spiro atoms. The van der Waals surface area contributed by atoms with Crippen molar-refractivity contribution in [2.24, 2.45) is 11.8 Å². The Labute approximate surface area is 198 Å². The Morgan fingerprint density at radius 1 is 1.36 bits per heavy atom. The highest BCUT2D eigenvalue weighted by Crippen LogP contribution is 2.34. The van der Waals surface area contributed by atoms with Crippen LogP contribution >= 0.6 is 0 Å². The number of amides is 2. The van der Waals surface area contributed by atoms with Crippen molar-refractivity contribution in [2.45, 2.75) is 58.1 Å². The van der Waals surface area contributed by atoms with Crippen LogP contribution in [0.25, 0.3) is 0 Å². The smallest absolute Gasteiger partial charge is 0.317 e. The summed E-state index contributed by atoms with van der Waals surface area (Å²) in [6.45, 7) is 10.2. The number of benzene rings is 1. The highest BCUT2D eigenvalue weighted by Gasteiger charge is 2.38. The van der Waals surface area contributed by atoms with E-state index < -0.39 is 22.2 Å². The number of rotatable bonds is 6. The van der Waals surface area contributed by atoms with Gasteiger partial charge < -0.3 is 20.1 Å². The van der Waals surface area contributed by atoms with Gasteiger partial charge in [0.05, 0.1) is 13.2 Å². The number of fused-ring (bicyclic) bond motifs is 1. The number of carbonyl (C=O) groups is 1. The number of ether oxygens (including phenoxy) is 1. The average molecular weight is 480 g/mol. The first kappa shape index (κ1) is 27.0. The molecular weight excluding hydrogens is 442 g/mol. The highest BCUT2D eigenvalue weighted by molar-refractivity contribution is 7.89. The maximum atomic E-state index is 13.5. The van der Waals surface area contributed by atoms with E-state index in [0.717, 1.165) is 6.42 Å². The van der Waals surface area contributed by atoms with Crippen molar-refractivity contribution in [1.82, 2.24) is 14.5 Å². The van der Waals surface area contributed by atoms with Gasteiger partial charge in [-0.05, 0) is 31.5 Å². The van der Waals surface area contributed by atoms with Crippen LogP contribution in [0.5, 0.6) is 5.75 Å². The van der Waals surface area contributed by atoms with Gasteiger partial charge in [0, 0.05) is 43.6 Å². The molecule has 0 saturated heterocycles. The van der Waals surface area contributed by atoms with Crippen LogP contribution in [0.3, 0.4) is 0 Å². The minimum atomic E-state index is -3.91. The Hall–Kier alpha value is -2.28. The Morgan fingerprint density at radius 2 is 2.06 bits per heavy atom. The molecule has 3 atom stereocenters. The van der Waals surface area contributed by atoms with Crippen LogP contribution in [0.4, 0.5) is 4.79 Å². The Morgan fingerprint density at radius 3 is 2.67 bits per heavy atom. The Bertz CT molecular complexity index is 984. The van der Waals surface area contributed by atoms with Crippen molar-refractivity contribution in [3.8, 4) is 17.6 Å². The van der Waals surface area contributed by atoms with E-state index in [9.17, 15) is 18.3 Å². The number of hydrogen-bond acceptors (Lipinski definition) is 5. The molecule has 1 heterocycles. The maximum absolute atomic E-state index is 13.5. The van der Waals surface area contributed by atoms with Gasteiger partial charge in [0.15, 0.2) is 0 Å². The van der Waals surface area contributed by atoms with Gasteiger partial charge in [0.1, 0.15) is 16.7 Å². The lowest BCUT2D eigenvalue weighted by Crippen LogP contribution is -2.51. The molecule has 0 aliphatic carbocycles. The highest BCUT2D eigenvalue weighted by atomic mass is 32.2. The normalized spacial score (nSPS) is 21.0. The second-order valence-electron chi connectivity index (χ2n) is 8.94. The van der Waals surface area contributed by atoms with Gasteiger partial charge in [-0.15, -0.1) is 0 Å². The maximum Gasteiger partial charge on any atom is 0.317 e. The molecule has 2 rings (SSSR count). The third kappa shape index (κ3) is 6.85. The number of urea groups is 1. The molecule has 1 aliphatic rings. The number of nitrogens with one attached hydrogen (secondary N) is 1. The van der Waals surface area contributed by atoms with Gasteiger partial charge in [-0.3, -0.25) is 0 Å². The van der Waals surface area contributed by atoms with Crippen LogP contribution < -0.4 is 10.1 Å². The number of hydrogen-bond donors (Lipinski definition) is 2. The van der Waals surface area contributed by atoms with E-state index in [1.54, 1.807) is 31.0 Å². The molecular formula is C24H37N3O5S. The second-order valence-corrected chi connectivity index (χ2v) is 10.8. The predicted molar refractivity (Wildman–Crippen MR) is 128 cm³/mol. The zero-order valence-electron chi connectivity index (χ0n) is 20.5. The molecule has 0 bridgehead atoms. The van der Waals surface area contributed by atoms with E-state index in [1.165, 1.54) is 10.4 Å². The first-order chi connectivity index (χ1) is 15.5. The van der Waals surface area contributed by atoms with Crippen LogP contribution in [0.15, 0.2) is 23.1 Å². The van der Waals surface area contributed by atoms with Crippen molar-refractivity contribution in [2.75, 3.05) is 33.3 Å². The first-order valence-electron chi connectivity index (χ1n) is 11.4. The summed E-state index contributed by atoms with van der Waals surface area (Å²) in [5.41, 5.74) is 0.653. The summed E-state index contributed by atoms with van der Waals surface area (Å²) in [5, 5.41) is 12.6. The number of likely N-dealkylation sites (N-methyl/N-ethyl adjacent to an activating group) is 1. The standard InChI is InChI=1S/C24H37N3O5S/c1-7-12-25-24(29)26(6)15-22-18(4)14-27(19(5)16-28)33(30,31)23-11-10-20(9-8-17(2)3)13-21(23)32-22/h10-11,13,17-19,22,28H,7,12,14-16H2,1-6H3,(H,25,29)/t18-,19+,22+/m1/s1. The quantitative estimate of drug-likeness (QED) is 0.611. The van der Waals surface area contributed by atoms with Crippen molar-refractivity contribution in [1.29, 1.82) is 0 Å². The monoisotopic (exact) mass is 479 g/mol. The second kappa shape index (κ2) is 11.7. The molecule has 1 aliphatic heterocycles. The fourth-order valence-electron chi connectivity index (χ4n) is 3.47.